The summed E-state index contributed by atoms with van der Waals surface area (Å²) < 4.78 is 43.7. The fourth-order valence-corrected chi connectivity index (χ4v) is 6.60. The average Bonchev–Trinajstić information content (AvgIpc) is 3.59. The van der Waals surface area contributed by atoms with Crippen LogP contribution in [0.4, 0.5) is 17.1 Å². The highest BCUT2D eigenvalue weighted by Gasteiger charge is 2.16. The van der Waals surface area contributed by atoms with E-state index in [0.717, 1.165) is 55.0 Å². The van der Waals surface area contributed by atoms with E-state index >= 15 is 0 Å². The average molecular weight is 618 g/mol. The number of nitrogens with zero attached hydrogens (tertiary/aromatic N) is 1. The molecular weight excluding hydrogens is 583 g/mol. The summed E-state index contributed by atoms with van der Waals surface area (Å²) >= 11 is 0. The molecule has 0 atom stereocenters. The highest BCUT2D eigenvalue weighted by molar-refractivity contribution is 6.09. The Hall–Kier alpha value is -6.38. The molecule has 9 rings (SSSR count). The minimum atomic E-state index is -0.118. The summed E-state index contributed by atoms with van der Waals surface area (Å²) in [5, 5.41) is 3.96. The second kappa shape index (κ2) is 11.8. The van der Waals surface area contributed by atoms with Gasteiger partial charge < -0.3 is 9.32 Å². The second-order valence-corrected chi connectivity index (χ2v) is 11.8. The van der Waals surface area contributed by atoms with Gasteiger partial charge in [-0.2, -0.15) is 0 Å². The number of benzene rings is 8. The normalized spacial score (nSPS) is 12.5. The van der Waals surface area contributed by atoms with Crippen LogP contribution in [-0.2, 0) is 0 Å². The summed E-state index contributed by atoms with van der Waals surface area (Å²) in [6, 6.07) is 53.4. The third-order valence-corrected chi connectivity index (χ3v) is 8.97. The van der Waals surface area contributed by atoms with Crippen LogP contribution in [0.5, 0.6) is 0 Å². The van der Waals surface area contributed by atoms with Crippen molar-refractivity contribution in [2.45, 2.75) is 0 Å². The highest BCUT2D eigenvalue weighted by Crippen LogP contribution is 2.40. The number of rotatable bonds is 6. The van der Waals surface area contributed by atoms with Crippen molar-refractivity contribution in [3.05, 3.63) is 188 Å². The molecule has 0 unspecified atom stereocenters. The van der Waals surface area contributed by atoms with Crippen molar-refractivity contribution in [2.75, 3.05) is 4.90 Å². The van der Waals surface area contributed by atoms with E-state index in [1.807, 2.05) is 144 Å². The van der Waals surface area contributed by atoms with E-state index in [4.69, 9.17) is 4.42 Å². The molecule has 0 spiro atoms. The van der Waals surface area contributed by atoms with Gasteiger partial charge >= 0.3 is 0 Å². The molecule has 0 aliphatic rings. The fraction of sp³-hybridized carbons (Fsp3) is 0. The van der Waals surface area contributed by atoms with Crippen molar-refractivity contribution in [1.82, 2.24) is 0 Å². The molecule has 0 amide bonds. The smallest absolute Gasteiger partial charge is 0.143 e. The van der Waals surface area contributed by atoms with E-state index in [9.17, 15) is 5.48 Å². The largest absolute Gasteiger partial charge is 0.455 e. The standard InChI is InChI=1S/C46H31NO/c1-2-10-32(11-3-1)33-20-26-37(27-21-33)47(38-28-22-35(23-29-38)41-16-8-13-34-12-4-5-14-40(34)41)39-30-24-36(25-31-39)42-17-9-18-44-43-15-6-7-19-45(43)48-46(42)44/h1-31H/i22D,23D,28D,29D. The predicted octanol–water partition coefficient (Wildman–Crippen LogP) is 13.2. The van der Waals surface area contributed by atoms with Crippen LogP contribution in [0.15, 0.2) is 192 Å². The van der Waals surface area contributed by atoms with Crippen molar-refractivity contribution < 1.29 is 9.90 Å². The SMILES string of the molecule is [2H]c1c([2H])c(N(c2ccc(-c3ccccc3)cc2)c2ccc(-c3cccc4c3oc3ccccc34)cc2)c([2H])c([2H])c1-c1cccc2ccccc12. The van der Waals surface area contributed by atoms with Crippen LogP contribution in [0.2, 0.25) is 0 Å². The molecule has 0 aliphatic carbocycles. The molecule has 1 heterocycles. The number of furan rings is 1. The number of hydrogen-bond acceptors (Lipinski definition) is 2. The van der Waals surface area contributed by atoms with Gasteiger partial charge in [0.25, 0.3) is 0 Å². The number of anilines is 3. The van der Waals surface area contributed by atoms with Crippen molar-refractivity contribution in [3.8, 4) is 33.4 Å². The molecule has 9 aromatic rings. The third-order valence-electron chi connectivity index (χ3n) is 8.97. The zero-order valence-corrected chi connectivity index (χ0v) is 25.9. The molecule has 8 aromatic carbocycles. The number of para-hydroxylation sites is 2. The lowest BCUT2D eigenvalue weighted by Gasteiger charge is -2.26. The molecule has 2 heteroatoms. The zero-order valence-electron chi connectivity index (χ0n) is 29.9. The lowest BCUT2D eigenvalue weighted by atomic mass is 9.98. The molecule has 1 aromatic heterocycles. The second-order valence-electron chi connectivity index (χ2n) is 11.8. The van der Waals surface area contributed by atoms with Crippen LogP contribution in [0.25, 0.3) is 66.1 Å². The Kier molecular flexibility index (Phi) is 5.85. The van der Waals surface area contributed by atoms with Gasteiger partial charge in [-0.15, -0.1) is 0 Å². The van der Waals surface area contributed by atoms with E-state index in [0.29, 0.717) is 16.9 Å². The summed E-state index contributed by atoms with van der Waals surface area (Å²) in [5.74, 6) is 0. The molecule has 0 saturated carbocycles. The monoisotopic (exact) mass is 617 g/mol. The Morgan fingerprint density at radius 2 is 0.938 bits per heavy atom. The van der Waals surface area contributed by atoms with E-state index in [2.05, 4.69) is 24.3 Å². The maximum atomic E-state index is 9.41. The van der Waals surface area contributed by atoms with Gasteiger partial charge in [0.05, 0.1) is 5.48 Å². The molecular formula is C46H31NO. The molecule has 0 radical (unpaired) electrons. The van der Waals surface area contributed by atoms with Crippen LogP contribution in [0, 0.1) is 0 Å². The van der Waals surface area contributed by atoms with Crippen molar-refractivity contribution in [2.24, 2.45) is 0 Å². The van der Waals surface area contributed by atoms with Crippen molar-refractivity contribution in [3.63, 3.8) is 0 Å². The number of fused-ring (bicyclic) bond motifs is 4. The first kappa shape index (κ1) is 23.9. The maximum Gasteiger partial charge on any atom is 0.143 e. The van der Waals surface area contributed by atoms with E-state index in [1.165, 1.54) is 0 Å². The molecule has 48 heavy (non-hydrogen) atoms. The molecule has 0 fully saturated rings. The van der Waals surface area contributed by atoms with E-state index < -0.39 is 0 Å². The Bertz CT molecular complexity index is 2740. The molecule has 0 bridgehead atoms. The van der Waals surface area contributed by atoms with Gasteiger partial charge in [-0.05, 0) is 81.0 Å². The van der Waals surface area contributed by atoms with Gasteiger partial charge in [0.1, 0.15) is 11.2 Å². The van der Waals surface area contributed by atoms with E-state index in [1.54, 1.807) is 0 Å². The summed E-state index contributed by atoms with van der Waals surface area (Å²) in [6.07, 6.45) is 0. The van der Waals surface area contributed by atoms with Gasteiger partial charge in [0, 0.05) is 33.4 Å². The summed E-state index contributed by atoms with van der Waals surface area (Å²) in [6.45, 7) is 0. The zero-order chi connectivity index (χ0) is 35.3. The van der Waals surface area contributed by atoms with Crippen LogP contribution >= 0.6 is 0 Å². The third kappa shape index (κ3) is 4.92. The Labute approximate surface area is 285 Å². The van der Waals surface area contributed by atoms with Gasteiger partial charge in [0.15, 0.2) is 0 Å². The van der Waals surface area contributed by atoms with Gasteiger partial charge in [-0.25, -0.2) is 0 Å². The minimum Gasteiger partial charge on any atom is -0.455 e. The molecule has 0 aliphatic heterocycles. The van der Waals surface area contributed by atoms with Gasteiger partial charge in [-0.3, -0.25) is 0 Å². The fourth-order valence-electron chi connectivity index (χ4n) is 6.60. The lowest BCUT2D eigenvalue weighted by molar-refractivity contribution is 0.670. The summed E-state index contributed by atoms with van der Waals surface area (Å²) in [5.41, 5.74) is 8.22. The maximum absolute atomic E-state index is 9.41. The summed E-state index contributed by atoms with van der Waals surface area (Å²) in [4.78, 5) is 1.83. The molecule has 0 N–H and O–H groups in total. The van der Waals surface area contributed by atoms with Crippen LogP contribution < -0.4 is 4.90 Å². The van der Waals surface area contributed by atoms with Gasteiger partial charge in [0.2, 0.25) is 0 Å². The highest BCUT2D eigenvalue weighted by atomic mass is 16.3. The minimum absolute atomic E-state index is 0.0913. The Morgan fingerprint density at radius 3 is 1.71 bits per heavy atom. The van der Waals surface area contributed by atoms with Crippen LogP contribution in [0.1, 0.15) is 5.48 Å². The topological polar surface area (TPSA) is 16.4 Å². The van der Waals surface area contributed by atoms with Crippen LogP contribution in [0.3, 0.4) is 0 Å². The quantitative estimate of drug-likeness (QED) is 0.185. The molecule has 0 saturated heterocycles. The van der Waals surface area contributed by atoms with Gasteiger partial charge in [-0.1, -0.05) is 146 Å². The van der Waals surface area contributed by atoms with Crippen molar-refractivity contribution >= 4 is 49.8 Å². The summed E-state index contributed by atoms with van der Waals surface area (Å²) in [7, 11) is 0. The molecule has 2 nitrogen and oxygen atoms in total. The predicted molar refractivity (Wildman–Crippen MR) is 202 cm³/mol. The molecule has 226 valence electrons. The first-order valence-electron chi connectivity index (χ1n) is 18.0. The van der Waals surface area contributed by atoms with E-state index in [-0.39, 0.29) is 35.4 Å². The van der Waals surface area contributed by atoms with Crippen LogP contribution in [-0.4, -0.2) is 0 Å². The lowest BCUT2D eigenvalue weighted by Crippen LogP contribution is -2.09. The number of hydrogen-bond donors (Lipinski definition) is 0. The van der Waals surface area contributed by atoms with Crippen molar-refractivity contribution in [1.29, 1.82) is 0 Å². The first-order chi connectivity index (χ1) is 25.5. The first-order valence-corrected chi connectivity index (χ1v) is 16.0. The Balaban J connectivity index is 1.21. The Morgan fingerprint density at radius 1 is 0.375 bits per heavy atom.